The predicted molar refractivity (Wildman–Crippen MR) is 370 cm³/mol. The third kappa shape index (κ3) is 6.73. The summed E-state index contributed by atoms with van der Waals surface area (Å²) in [5, 5.41) is 38.8. The lowest BCUT2D eigenvalue weighted by atomic mass is 9.85. The number of hydrogen-bond donors (Lipinski definition) is 0. The maximum Gasteiger partial charge on any atom is 0.102 e. The van der Waals surface area contributed by atoms with E-state index in [9.17, 15) is 10.5 Å². The second-order valence-corrected chi connectivity index (χ2v) is 25.1. The molecule has 0 saturated carbocycles. The van der Waals surface area contributed by atoms with Crippen LogP contribution in [0.4, 0.5) is 0 Å². The second kappa shape index (κ2) is 18.5. The fourth-order valence-electron chi connectivity index (χ4n) is 14.8. The van der Waals surface area contributed by atoms with Crippen molar-refractivity contribution in [2.75, 3.05) is 0 Å². The molecule has 8 heteroatoms. The van der Waals surface area contributed by atoms with Gasteiger partial charge in [0.1, 0.15) is 12.1 Å². The van der Waals surface area contributed by atoms with Gasteiger partial charge in [-0.3, -0.25) is 0 Å². The quantitative estimate of drug-likeness (QED) is 0.166. The summed E-state index contributed by atoms with van der Waals surface area (Å²) in [6.07, 6.45) is 0. The summed E-state index contributed by atoms with van der Waals surface area (Å²) in [6, 6.07) is 101. The van der Waals surface area contributed by atoms with Crippen LogP contribution in [0, 0.1) is 22.7 Å². The van der Waals surface area contributed by atoms with Gasteiger partial charge in [-0.05, 0) is 120 Å². The van der Waals surface area contributed by atoms with E-state index in [2.05, 4.69) is 291 Å². The molecule has 406 valence electrons. The molecule has 6 nitrogen and oxygen atoms in total. The topological polar surface area (TPSA) is 67.3 Å². The van der Waals surface area contributed by atoms with Gasteiger partial charge in [0.25, 0.3) is 0 Å². The number of fused-ring (bicyclic) bond motifs is 18. The highest BCUT2D eigenvalue weighted by Crippen LogP contribution is 2.52. The average Bonchev–Trinajstić information content (AvgIpc) is 1.59. The van der Waals surface area contributed by atoms with Gasteiger partial charge in [-0.15, -0.1) is 22.7 Å². The molecule has 0 atom stereocenters. The van der Waals surface area contributed by atoms with Gasteiger partial charge in [0, 0.05) is 106 Å². The summed E-state index contributed by atoms with van der Waals surface area (Å²) in [5.41, 5.74) is 15.4. The molecule has 6 aromatic heterocycles. The lowest BCUT2D eigenvalue weighted by molar-refractivity contribution is 1.12. The van der Waals surface area contributed by atoms with Crippen LogP contribution in [0.3, 0.4) is 0 Å². The first-order valence-corrected chi connectivity index (χ1v) is 31.2. The van der Waals surface area contributed by atoms with Gasteiger partial charge in [0.05, 0.1) is 66.6 Å². The van der Waals surface area contributed by atoms with Gasteiger partial charge in [-0.2, -0.15) is 10.5 Å². The average molecular weight is 1150 g/mol. The van der Waals surface area contributed by atoms with E-state index in [1.54, 1.807) is 22.7 Å². The Hall–Kier alpha value is -11.5. The van der Waals surface area contributed by atoms with Crippen molar-refractivity contribution in [2.45, 2.75) is 0 Å². The Morgan fingerprint density at radius 3 is 0.977 bits per heavy atom. The van der Waals surface area contributed by atoms with E-state index in [-0.39, 0.29) is 0 Å². The summed E-state index contributed by atoms with van der Waals surface area (Å²) in [6.45, 7) is 0. The molecule has 0 aliphatic rings. The normalized spacial score (nSPS) is 12.1. The molecule has 88 heavy (non-hydrogen) atoms. The van der Waals surface area contributed by atoms with Gasteiger partial charge in [0.2, 0.25) is 0 Å². The van der Waals surface area contributed by atoms with Crippen LogP contribution in [0.15, 0.2) is 267 Å². The first-order chi connectivity index (χ1) is 43.6. The molecule has 0 radical (unpaired) electrons. The third-order valence-corrected chi connectivity index (χ3v) is 20.7. The van der Waals surface area contributed by atoms with Gasteiger partial charge in [-0.25, -0.2) is 0 Å². The van der Waals surface area contributed by atoms with Crippen molar-refractivity contribution in [1.29, 1.82) is 10.5 Å². The van der Waals surface area contributed by atoms with Crippen LogP contribution >= 0.6 is 22.7 Å². The van der Waals surface area contributed by atoms with Crippen LogP contribution in [0.2, 0.25) is 0 Å². The fraction of sp³-hybridized carbons (Fsp3) is 0. The van der Waals surface area contributed by atoms with Crippen molar-refractivity contribution in [3.63, 3.8) is 0 Å². The lowest BCUT2D eigenvalue weighted by Crippen LogP contribution is -2.11. The van der Waals surface area contributed by atoms with Crippen LogP contribution < -0.4 is 0 Å². The summed E-state index contributed by atoms with van der Waals surface area (Å²) in [7, 11) is 0. The molecular formula is C80H44N6S2. The number of para-hydroxylation sites is 6. The van der Waals surface area contributed by atoms with Crippen LogP contribution in [0.25, 0.3) is 173 Å². The van der Waals surface area contributed by atoms with E-state index in [1.807, 2.05) is 6.07 Å². The van der Waals surface area contributed by atoms with E-state index < -0.39 is 0 Å². The number of nitriles is 2. The highest BCUT2D eigenvalue weighted by Gasteiger charge is 2.33. The highest BCUT2D eigenvalue weighted by atomic mass is 32.1. The van der Waals surface area contributed by atoms with E-state index in [0.717, 1.165) is 125 Å². The molecule has 0 fully saturated rings. The molecule has 19 rings (SSSR count). The number of benzene rings is 13. The zero-order valence-corrected chi connectivity index (χ0v) is 48.5. The standard InChI is InChI=1S/C80H44N6S2/c81-45-63-77(47-35-37-69-57(39-47)51-23-7-13-29-65(51)83(69)49-19-3-1-4-20-49)64(46-82)80(86-68-32-16-10-26-54(68)60-42-62-56-28-12-18-34-74(56)88-76(62)44-72(60)86)78(48-36-38-70-58(40-48)52-24-8-14-30-66(52)84(70)50-21-5-2-6-22-50)79(63)85-67-31-15-9-25-53(67)59-41-61-55-27-11-17-33-73(55)87-75(61)43-71(59)85/h1-44H. The summed E-state index contributed by atoms with van der Waals surface area (Å²) < 4.78 is 14.1. The number of aromatic nitrogens is 4. The zero-order chi connectivity index (χ0) is 57.9. The van der Waals surface area contributed by atoms with Gasteiger partial charge in [0.15, 0.2) is 0 Å². The van der Waals surface area contributed by atoms with Crippen molar-refractivity contribution in [2.24, 2.45) is 0 Å². The Bertz CT molecular complexity index is 6100. The smallest absolute Gasteiger partial charge is 0.102 e. The van der Waals surface area contributed by atoms with E-state index in [0.29, 0.717) is 28.1 Å². The summed E-state index contributed by atoms with van der Waals surface area (Å²) in [5.74, 6) is 0. The largest absolute Gasteiger partial charge is 0.309 e. The van der Waals surface area contributed by atoms with Gasteiger partial charge in [-0.1, -0.05) is 158 Å². The molecule has 0 spiro atoms. The number of rotatable bonds is 6. The van der Waals surface area contributed by atoms with Crippen LogP contribution in [0.5, 0.6) is 0 Å². The van der Waals surface area contributed by atoms with E-state index in [1.165, 1.54) is 30.9 Å². The minimum absolute atomic E-state index is 0.403. The highest BCUT2D eigenvalue weighted by molar-refractivity contribution is 7.26. The Morgan fingerprint density at radius 1 is 0.239 bits per heavy atom. The number of nitrogens with zero attached hydrogens (tertiary/aromatic N) is 6. The molecule has 0 unspecified atom stereocenters. The van der Waals surface area contributed by atoms with Gasteiger partial charge < -0.3 is 18.3 Å². The van der Waals surface area contributed by atoms with Crippen LogP contribution in [-0.2, 0) is 0 Å². The second-order valence-electron chi connectivity index (χ2n) is 22.9. The first kappa shape index (κ1) is 48.8. The predicted octanol–water partition coefficient (Wildman–Crippen LogP) is 21.9. The lowest BCUT2D eigenvalue weighted by Gasteiger charge is -2.25. The molecular weight excluding hydrogens is 1110 g/mol. The van der Waals surface area contributed by atoms with Gasteiger partial charge >= 0.3 is 0 Å². The fourth-order valence-corrected chi connectivity index (χ4v) is 17.0. The van der Waals surface area contributed by atoms with E-state index in [4.69, 9.17) is 0 Å². The number of thiophene rings is 2. The molecule has 0 aliphatic carbocycles. The summed E-state index contributed by atoms with van der Waals surface area (Å²) in [4.78, 5) is 0. The minimum atomic E-state index is 0.403. The summed E-state index contributed by atoms with van der Waals surface area (Å²) >= 11 is 3.58. The molecule has 0 aliphatic heterocycles. The van der Waals surface area contributed by atoms with Crippen LogP contribution in [-0.4, -0.2) is 18.3 Å². The first-order valence-electron chi connectivity index (χ1n) is 29.5. The van der Waals surface area contributed by atoms with Crippen molar-refractivity contribution in [1.82, 2.24) is 18.3 Å². The molecule has 6 heterocycles. The monoisotopic (exact) mass is 1150 g/mol. The number of hydrogen-bond acceptors (Lipinski definition) is 4. The molecule has 13 aromatic carbocycles. The zero-order valence-electron chi connectivity index (χ0n) is 46.9. The van der Waals surface area contributed by atoms with Crippen molar-refractivity contribution in [3.8, 4) is 57.1 Å². The Balaban J connectivity index is 1.04. The molecule has 0 saturated heterocycles. The Kier molecular flexibility index (Phi) is 10.3. The molecule has 0 N–H and O–H groups in total. The Labute approximate surface area is 510 Å². The minimum Gasteiger partial charge on any atom is -0.309 e. The maximum atomic E-state index is 12.7. The van der Waals surface area contributed by atoms with Crippen molar-refractivity contribution < 1.29 is 0 Å². The SMILES string of the molecule is N#Cc1c(-c2ccc3c(c2)c2ccccc2n3-c2ccccc2)c(C#N)c(-n2c3ccccc3c3cc4c(cc32)sc2ccccc24)c(-c2ccc3c(c2)c2ccccc2n3-c2ccccc2)c1-n1c2ccccc2c2cc3c(cc21)sc1ccccc13. The molecule has 19 aromatic rings. The Morgan fingerprint density at radius 2 is 0.568 bits per heavy atom. The van der Waals surface area contributed by atoms with Crippen LogP contribution in [0.1, 0.15) is 11.1 Å². The maximum absolute atomic E-state index is 12.7. The van der Waals surface area contributed by atoms with Crippen molar-refractivity contribution in [3.05, 3.63) is 278 Å². The third-order valence-electron chi connectivity index (χ3n) is 18.4. The van der Waals surface area contributed by atoms with E-state index >= 15 is 0 Å². The van der Waals surface area contributed by atoms with Crippen molar-refractivity contribution >= 4 is 150 Å². The molecule has 0 amide bonds. The molecule has 0 bridgehead atoms.